The van der Waals surface area contributed by atoms with Gasteiger partial charge in [-0.1, -0.05) is 0 Å². The van der Waals surface area contributed by atoms with Crippen LogP contribution in [-0.4, -0.2) is 0 Å². The highest BCUT2D eigenvalue weighted by Crippen LogP contribution is 2.27. The second-order valence-corrected chi connectivity index (χ2v) is 3.50. The number of nitrogen functional groups attached to an aromatic ring is 1. The van der Waals surface area contributed by atoms with Crippen LogP contribution >= 0.6 is 11.3 Å². The molecule has 0 bridgehead atoms. The van der Waals surface area contributed by atoms with Crippen molar-refractivity contribution in [1.29, 1.82) is 0 Å². The molecule has 1 nitrogen and oxygen atoms in total. The van der Waals surface area contributed by atoms with Crippen molar-refractivity contribution in [3.8, 4) is 0 Å². The Labute approximate surface area is 71.4 Å². The van der Waals surface area contributed by atoms with Crippen LogP contribution in [-0.2, 0) is 0 Å². The maximum Gasteiger partial charge on any atom is 0.177 e. The molecule has 0 spiro atoms. The summed E-state index contributed by atoms with van der Waals surface area (Å²) >= 11 is 0.962. The van der Waals surface area contributed by atoms with Crippen LogP contribution in [0.25, 0.3) is 10.1 Å². The van der Waals surface area contributed by atoms with Gasteiger partial charge < -0.3 is 5.73 Å². The molecule has 0 amide bonds. The molecule has 1 aromatic carbocycles. The van der Waals surface area contributed by atoms with Gasteiger partial charge in [-0.05, 0) is 23.6 Å². The van der Waals surface area contributed by atoms with Crippen molar-refractivity contribution in [3.05, 3.63) is 29.1 Å². The molecule has 0 saturated carbocycles. The molecule has 62 valence electrons. The normalized spacial score (nSPS) is 10.8. The van der Waals surface area contributed by atoms with Gasteiger partial charge in [-0.2, -0.15) is 4.39 Å². The molecule has 0 aliphatic carbocycles. The van der Waals surface area contributed by atoms with Crippen molar-refractivity contribution in [1.82, 2.24) is 0 Å². The molecule has 0 atom stereocenters. The Hall–Kier alpha value is -1.16. The maximum atomic E-state index is 12.8. The number of hydrogen-bond acceptors (Lipinski definition) is 2. The quantitative estimate of drug-likeness (QED) is 0.627. The van der Waals surface area contributed by atoms with E-state index in [1.54, 1.807) is 0 Å². The molecule has 0 saturated heterocycles. The monoisotopic (exact) mass is 185 g/mol. The molecule has 2 aromatic rings. The number of nitrogens with two attached hydrogens (primary N) is 1. The predicted octanol–water partition coefficient (Wildman–Crippen LogP) is 2.76. The number of rotatable bonds is 0. The lowest BCUT2D eigenvalue weighted by Crippen LogP contribution is -1.88. The minimum Gasteiger partial charge on any atom is -0.396 e. The van der Waals surface area contributed by atoms with Gasteiger partial charge in [0, 0.05) is 4.70 Å². The van der Waals surface area contributed by atoms with E-state index in [0.717, 1.165) is 11.3 Å². The predicted molar refractivity (Wildman–Crippen MR) is 46.2 cm³/mol. The summed E-state index contributed by atoms with van der Waals surface area (Å²) in [6.45, 7) is 0. The Kier molecular flexibility index (Phi) is 1.51. The van der Waals surface area contributed by atoms with Crippen LogP contribution in [0.5, 0.6) is 0 Å². The molecular formula is C8H5F2NS. The second kappa shape index (κ2) is 2.42. The fourth-order valence-corrected chi connectivity index (χ4v) is 1.86. The Morgan fingerprint density at radius 3 is 2.67 bits per heavy atom. The van der Waals surface area contributed by atoms with Crippen LogP contribution < -0.4 is 5.73 Å². The number of fused-ring (bicyclic) bond motifs is 1. The molecule has 12 heavy (non-hydrogen) atoms. The van der Waals surface area contributed by atoms with E-state index >= 15 is 0 Å². The van der Waals surface area contributed by atoms with Crippen LogP contribution in [0.1, 0.15) is 0 Å². The summed E-state index contributed by atoms with van der Waals surface area (Å²) in [5.41, 5.74) is 5.36. The van der Waals surface area contributed by atoms with E-state index in [0.29, 0.717) is 10.1 Å². The molecule has 0 aliphatic heterocycles. The minimum absolute atomic E-state index is 0.0596. The molecule has 0 radical (unpaired) electrons. The van der Waals surface area contributed by atoms with Gasteiger partial charge in [0.2, 0.25) is 0 Å². The zero-order valence-electron chi connectivity index (χ0n) is 5.97. The molecule has 4 heteroatoms. The summed E-state index contributed by atoms with van der Waals surface area (Å²) in [6, 6.07) is 3.98. The van der Waals surface area contributed by atoms with Crippen LogP contribution in [0.4, 0.5) is 14.5 Å². The van der Waals surface area contributed by atoms with Crippen molar-refractivity contribution >= 4 is 27.1 Å². The van der Waals surface area contributed by atoms with E-state index in [4.69, 9.17) is 5.73 Å². The zero-order chi connectivity index (χ0) is 8.72. The zero-order valence-corrected chi connectivity index (χ0v) is 6.79. The van der Waals surface area contributed by atoms with Gasteiger partial charge in [0.1, 0.15) is 5.82 Å². The van der Waals surface area contributed by atoms with Gasteiger partial charge in [-0.3, -0.25) is 0 Å². The molecular weight excluding hydrogens is 180 g/mol. The third-order valence-electron chi connectivity index (χ3n) is 1.61. The van der Waals surface area contributed by atoms with E-state index in [-0.39, 0.29) is 10.8 Å². The van der Waals surface area contributed by atoms with Crippen LogP contribution in [0.15, 0.2) is 18.2 Å². The van der Waals surface area contributed by atoms with E-state index in [2.05, 4.69) is 0 Å². The fraction of sp³-hybridized carbons (Fsp3) is 0. The molecule has 1 aromatic heterocycles. The summed E-state index contributed by atoms with van der Waals surface area (Å²) < 4.78 is 26.1. The lowest BCUT2D eigenvalue weighted by atomic mass is 10.2. The summed E-state index contributed by atoms with van der Waals surface area (Å²) in [6.07, 6.45) is 0. The molecule has 2 rings (SSSR count). The summed E-state index contributed by atoms with van der Waals surface area (Å²) in [5, 5.41) is 0.235. The third kappa shape index (κ3) is 1.04. The van der Waals surface area contributed by atoms with Gasteiger partial charge in [-0.15, -0.1) is 11.3 Å². The first-order valence-electron chi connectivity index (χ1n) is 3.31. The lowest BCUT2D eigenvalue weighted by Gasteiger charge is -1.94. The van der Waals surface area contributed by atoms with E-state index in [1.165, 1.54) is 18.2 Å². The first-order valence-corrected chi connectivity index (χ1v) is 4.12. The number of anilines is 1. The average molecular weight is 185 g/mol. The van der Waals surface area contributed by atoms with E-state index < -0.39 is 5.82 Å². The lowest BCUT2D eigenvalue weighted by molar-refractivity contribution is 0.634. The van der Waals surface area contributed by atoms with Gasteiger partial charge >= 0.3 is 0 Å². The summed E-state index contributed by atoms with van der Waals surface area (Å²) in [5.74, 6) is -0.500. The van der Waals surface area contributed by atoms with Crippen molar-refractivity contribution in [3.63, 3.8) is 0 Å². The summed E-state index contributed by atoms with van der Waals surface area (Å²) in [4.78, 5) is 0. The average Bonchev–Trinajstić information content (AvgIpc) is 2.30. The highest BCUT2D eigenvalue weighted by atomic mass is 32.1. The van der Waals surface area contributed by atoms with Crippen LogP contribution in [0.2, 0.25) is 0 Å². The second-order valence-electron chi connectivity index (χ2n) is 2.46. The largest absolute Gasteiger partial charge is 0.396 e. The fourth-order valence-electron chi connectivity index (χ4n) is 1.04. The summed E-state index contributed by atoms with van der Waals surface area (Å²) in [7, 11) is 0. The number of hydrogen-bond donors (Lipinski definition) is 1. The molecule has 0 aliphatic rings. The first kappa shape index (κ1) is 7.49. The van der Waals surface area contributed by atoms with Gasteiger partial charge in [0.15, 0.2) is 5.13 Å². The smallest absolute Gasteiger partial charge is 0.177 e. The van der Waals surface area contributed by atoms with Crippen molar-refractivity contribution in [2.75, 3.05) is 5.73 Å². The van der Waals surface area contributed by atoms with Crippen molar-refractivity contribution in [2.45, 2.75) is 0 Å². The Balaban J connectivity index is 2.83. The van der Waals surface area contributed by atoms with Crippen molar-refractivity contribution in [2.24, 2.45) is 0 Å². The van der Waals surface area contributed by atoms with Gasteiger partial charge in [-0.25, -0.2) is 4.39 Å². The molecule has 2 N–H and O–H groups in total. The third-order valence-corrected chi connectivity index (χ3v) is 2.49. The molecule has 0 fully saturated rings. The maximum absolute atomic E-state index is 12.8. The highest BCUT2D eigenvalue weighted by Gasteiger charge is 2.04. The Bertz CT molecular complexity index is 397. The standard InChI is InChI=1S/C8H5F2NS/c9-5-1-4-2-8(10)12-7(4)3-6(5)11/h1-3H,11H2. The van der Waals surface area contributed by atoms with E-state index in [9.17, 15) is 8.78 Å². The molecule has 1 heterocycles. The number of halogens is 2. The minimum atomic E-state index is -0.500. The number of thiophene rings is 1. The Morgan fingerprint density at radius 1 is 1.17 bits per heavy atom. The Morgan fingerprint density at radius 2 is 1.92 bits per heavy atom. The van der Waals surface area contributed by atoms with Crippen LogP contribution in [0, 0.1) is 10.9 Å². The van der Waals surface area contributed by atoms with Crippen LogP contribution in [0.3, 0.4) is 0 Å². The number of benzene rings is 1. The van der Waals surface area contributed by atoms with Crippen molar-refractivity contribution < 1.29 is 8.78 Å². The SMILES string of the molecule is Nc1cc2sc(F)cc2cc1F. The van der Waals surface area contributed by atoms with Gasteiger partial charge in [0.05, 0.1) is 5.69 Å². The van der Waals surface area contributed by atoms with E-state index in [1.807, 2.05) is 0 Å². The highest BCUT2D eigenvalue weighted by molar-refractivity contribution is 7.17. The van der Waals surface area contributed by atoms with Gasteiger partial charge in [0.25, 0.3) is 0 Å². The topological polar surface area (TPSA) is 26.0 Å². The molecule has 0 unspecified atom stereocenters. The first-order chi connectivity index (χ1) is 5.66.